The van der Waals surface area contributed by atoms with Gasteiger partial charge in [-0.2, -0.15) is 0 Å². The van der Waals surface area contributed by atoms with Crippen LogP contribution in [0.15, 0.2) is 42.5 Å². The van der Waals surface area contributed by atoms with Crippen molar-refractivity contribution in [2.24, 2.45) is 0 Å². The third-order valence-corrected chi connectivity index (χ3v) is 6.35. The van der Waals surface area contributed by atoms with Crippen molar-refractivity contribution in [3.63, 3.8) is 0 Å². The molecule has 33 heavy (non-hydrogen) atoms. The molecule has 0 heterocycles. The minimum absolute atomic E-state index is 0.00150. The molecule has 0 aliphatic carbocycles. The van der Waals surface area contributed by atoms with E-state index in [1.807, 2.05) is 38.1 Å². The molecule has 0 radical (unpaired) electrons. The van der Waals surface area contributed by atoms with E-state index in [2.05, 4.69) is 26.1 Å². The lowest BCUT2D eigenvalue weighted by Crippen LogP contribution is -2.50. The van der Waals surface area contributed by atoms with Crippen LogP contribution in [0, 0.1) is 0 Å². The lowest BCUT2D eigenvalue weighted by molar-refractivity contribution is -0.142. The largest absolute Gasteiger partial charge is 0.484 e. The minimum atomic E-state index is -0.731. The number of nitrogens with zero attached hydrogens (tertiary/aromatic N) is 1. The number of benzene rings is 2. The molecule has 0 unspecified atom stereocenters. The van der Waals surface area contributed by atoms with E-state index >= 15 is 0 Å². The summed E-state index contributed by atoms with van der Waals surface area (Å²) in [6, 6.07) is 12.1. The first-order valence-corrected chi connectivity index (χ1v) is 12.0. The van der Waals surface area contributed by atoms with Gasteiger partial charge in [-0.05, 0) is 55.5 Å². The number of carbonyl (C=O) groups excluding carboxylic acids is 2. The lowest BCUT2D eigenvalue weighted by atomic mass is 9.87. The van der Waals surface area contributed by atoms with Gasteiger partial charge in [0.2, 0.25) is 5.91 Å². The Hall–Kier alpha value is -2.24. The van der Waals surface area contributed by atoms with Gasteiger partial charge in [0.25, 0.3) is 5.91 Å². The Bertz CT molecular complexity index is 935. The second kappa shape index (κ2) is 11.8. The van der Waals surface area contributed by atoms with E-state index in [9.17, 15) is 9.59 Å². The highest BCUT2D eigenvalue weighted by Crippen LogP contribution is 2.27. The van der Waals surface area contributed by atoms with Gasteiger partial charge in [-0.1, -0.05) is 69.1 Å². The molecule has 180 valence electrons. The number of hydrogen-bond acceptors (Lipinski definition) is 3. The molecule has 0 bridgehead atoms. The minimum Gasteiger partial charge on any atom is -0.484 e. The fraction of sp³-hybridized carbons (Fsp3) is 0.462. The molecule has 2 atom stereocenters. The number of hydrogen-bond donors (Lipinski definition) is 1. The van der Waals surface area contributed by atoms with Gasteiger partial charge >= 0.3 is 0 Å². The monoisotopic (exact) mass is 492 g/mol. The maximum absolute atomic E-state index is 13.2. The third-order valence-electron chi connectivity index (χ3n) is 5.64. The van der Waals surface area contributed by atoms with Gasteiger partial charge in [-0.3, -0.25) is 9.59 Å². The van der Waals surface area contributed by atoms with Gasteiger partial charge in [0.05, 0.1) is 0 Å². The Kier molecular flexibility index (Phi) is 9.62. The third kappa shape index (κ3) is 7.65. The van der Waals surface area contributed by atoms with E-state index in [-0.39, 0.29) is 36.4 Å². The van der Waals surface area contributed by atoms with Gasteiger partial charge in [-0.25, -0.2) is 0 Å². The van der Waals surface area contributed by atoms with Crippen LogP contribution in [-0.2, 0) is 21.5 Å². The average Bonchev–Trinajstić information content (AvgIpc) is 2.76. The van der Waals surface area contributed by atoms with Crippen LogP contribution in [0.5, 0.6) is 5.75 Å². The van der Waals surface area contributed by atoms with Crippen LogP contribution in [0.3, 0.4) is 0 Å². The number of carbonyl (C=O) groups is 2. The predicted molar refractivity (Wildman–Crippen MR) is 135 cm³/mol. The van der Waals surface area contributed by atoms with Gasteiger partial charge < -0.3 is 15.0 Å². The summed E-state index contributed by atoms with van der Waals surface area (Å²) >= 11 is 12.7. The van der Waals surface area contributed by atoms with Gasteiger partial charge in [0.1, 0.15) is 11.8 Å². The van der Waals surface area contributed by atoms with Crippen molar-refractivity contribution >= 4 is 35.0 Å². The molecule has 0 aliphatic heterocycles. The Morgan fingerprint density at radius 3 is 2.12 bits per heavy atom. The molecule has 7 heteroatoms. The first kappa shape index (κ1) is 27.0. The van der Waals surface area contributed by atoms with Crippen molar-refractivity contribution in [2.45, 2.75) is 72.0 Å². The summed E-state index contributed by atoms with van der Waals surface area (Å²) in [7, 11) is 0. The van der Waals surface area contributed by atoms with Crippen molar-refractivity contribution in [3.8, 4) is 5.75 Å². The quantitative estimate of drug-likeness (QED) is 0.466. The molecule has 5 nitrogen and oxygen atoms in total. The molecular weight excluding hydrogens is 459 g/mol. The summed E-state index contributed by atoms with van der Waals surface area (Å²) in [4.78, 5) is 27.5. The molecule has 2 aromatic rings. The standard InChI is InChI=1S/C26H34Cl2N2O3/c1-7-17(2)29-25(32)18(3)30(15-21-22(27)9-8-10-23(21)28)24(31)16-33-20-13-11-19(12-14-20)26(4,5)6/h8-14,17-18H,7,15-16H2,1-6H3,(H,29,32)/t17-,18-/m0/s1. The lowest BCUT2D eigenvalue weighted by Gasteiger charge is -2.30. The molecule has 0 saturated heterocycles. The number of amides is 2. The average molecular weight is 493 g/mol. The normalized spacial score (nSPS) is 13.2. The second-order valence-corrected chi connectivity index (χ2v) is 10.1. The molecule has 0 saturated carbocycles. The first-order valence-electron chi connectivity index (χ1n) is 11.2. The van der Waals surface area contributed by atoms with Crippen LogP contribution < -0.4 is 10.1 Å². The molecule has 2 amide bonds. The number of rotatable bonds is 9. The smallest absolute Gasteiger partial charge is 0.261 e. The highest BCUT2D eigenvalue weighted by Gasteiger charge is 2.28. The highest BCUT2D eigenvalue weighted by atomic mass is 35.5. The Morgan fingerprint density at radius 2 is 1.61 bits per heavy atom. The van der Waals surface area contributed by atoms with Crippen molar-refractivity contribution < 1.29 is 14.3 Å². The molecule has 0 aromatic heterocycles. The number of halogens is 2. The van der Waals surface area contributed by atoms with Crippen LogP contribution in [0.4, 0.5) is 0 Å². The summed E-state index contributed by atoms with van der Waals surface area (Å²) in [6.45, 7) is 11.9. The fourth-order valence-electron chi connectivity index (χ4n) is 3.18. The maximum Gasteiger partial charge on any atom is 0.261 e. The van der Waals surface area contributed by atoms with Crippen LogP contribution in [-0.4, -0.2) is 35.4 Å². The molecule has 0 aliphatic rings. The number of nitrogens with one attached hydrogen (secondary N) is 1. The van der Waals surface area contributed by atoms with Crippen LogP contribution in [0.25, 0.3) is 0 Å². The second-order valence-electron chi connectivity index (χ2n) is 9.28. The topological polar surface area (TPSA) is 58.6 Å². The zero-order chi connectivity index (χ0) is 24.8. The van der Waals surface area contributed by atoms with Gasteiger partial charge in [0.15, 0.2) is 6.61 Å². The number of ether oxygens (including phenoxy) is 1. The van der Waals surface area contributed by atoms with Crippen LogP contribution in [0.1, 0.15) is 59.1 Å². The maximum atomic E-state index is 13.2. The summed E-state index contributed by atoms with van der Waals surface area (Å²) < 4.78 is 5.76. The van der Waals surface area contributed by atoms with E-state index in [1.54, 1.807) is 25.1 Å². The predicted octanol–water partition coefficient (Wildman–Crippen LogP) is 6.00. The molecule has 0 fully saturated rings. The molecule has 2 aromatic carbocycles. The van der Waals surface area contributed by atoms with Crippen molar-refractivity contribution in [2.75, 3.05) is 6.61 Å². The van der Waals surface area contributed by atoms with Crippen molar-refractivity contribution in [1.82, 2.24) is 10.2 Å². The fourth-order valence-corrected chi connectivity index (χ4v) is 3.70. The Balaban J connectivity index is 2.20. The van der Waals surface area contributed by atoms with Gasteiger partial charge in [-0.15, -0.1) is 0 Å². The summed E-state index contributed by atoms with van der Waals surface area (Å²) in [5, 5.41) is 3.81. The van der Waals surface area contributed by atoms with E-state index in [4.69, 9.17) is 27.9 Å². The van der Waals surface area contributed by atoms with E-state index in [0.29, 0.717) is 21.4 Å². The highest BCUT2D eigenvalue weighted by molar-refractivity contribution is 6.36. The van der Waals surface area contributed by atoms with Crippen LogP contribution >= 0.6 is 23.2 Å². The Labute approximate surface area is 207 Å². The SMILES string of the molecule is CC[C@H](C)NC(=O)[C@H](C)N(Cc1c(Cl)cccc1Cl)C(=O)COc1ccc(C(C)(C)C)cc1. The summed E-state index contributed by atoms with van der Waals surface area (Å²) in [5.41, 5.74) is 1.79. The van der Waals surface area contributed by atoms with Gasteiger partial charge in [0, 0.05) is 28.2 Å². The molecule has 2 rings (SSSR count). The zero-order valence-corrected chi connectivity index (χ0v) is 21.8. The van der Waals surface area contributed by atoms with E-state index < -0.39 is 6.04 Å². The molecular formula is C26H34Cl2N2O3. The molecule has 0 spiro atoms. The Morgan fingerprint density at radius 1 is 1.03 bits per heavy atom. The van der Waals surface area contributed by atoms with E-state index in [0.717, 1.165) is 6.42 Å². The van der Waals surface area contributed by atoms with Crippen molar-refractivity contribution in [3.05, 3.63) is 63.6 Å². The van der Waals surface area contributed by atoms with E-state index in [1.165, 1.54) is 10.5 Å². The summed E-state index contributed by atoms with van der Waals surface area (Å²) in [5.74, 6) is 0.0110. The van der Waals surface area contributed by atoms with Crippen LogP contribution in [0.2, 0.25) is 10.0 Å². The molecule has 1 N–H and O–H groups in total. The first-order chi connectivity index (χ1) is 15.4. The zero-order valence-electron chi connectivity index (χ0n) is 20.2. The van der Waals surface area contributed by atoms with Crippen molar-refractivity contribution in [1.29, 1.82) is 0 Å². The summed E-state index contributed by atoms with van der Waals surface area (Å²) in [6.07, 6.45) is 0.788.